The highest BCUT2D eigenvalue weighted by molar-refractivity contribution is 6.33. The smallest absolute Gasteiger partial charge is 0.353 e. The van der Waals surface area contributed by atoms with Crippen molar-refractivity contribution in [3.8, 4) is 0 Å². The van der Waals surface area contributed by atoms with Crippen molar-refractivity contribution in [1.82, 2.24) is 4.98 Å². The molecule has 1 aromatic rings. The first-order valence-electron chi connectivity index (χ1n) is 5.46. The Balaban J connectivity index is 0.00000180. The molecule has 1 saturated heterocycles. The van der Waals surface area contributed by atoms with Crippen LogP contribution in [0.3, 0.4) is 0 Å². The van der Waals surface area contributed by atoms with Gasteiger partial charge in [-0.25, -0.2) is 4.98 Å². The highest BCUT2D eigenvalue weighted by Gasteiger charge is 2.34. The molecule has 0 spiro atoms. The van der Waals surface area contributed by atoms with E-state index < -0.39 is 11.7 Å². The lowest BCUT2D eigenvalue weighted by Gasteiger charge is -2.22. The zero-order valence-electron chi connectivity index (χ0n) is 10.2. The highest BCUT2D eigenvalue weighted by atomic mass is 35.5. The van der Waals surface area contributed by atoms with Crippen molar-refractivity contribution in [2.45, 2.75) is 25.1 Å². The summed E-state index contributed by atoms with van der Waals surface area (Å²) in [5.41, 5.74) is 4.77. The lowest BCUT2D eigenvalue weighted by atomic mass is 10.0. The van der Waals surface area contributed by atoms with Crippen LogP contribution in [0.15, 0.2) is 12.3 Å². The molecule has 1 aliphatic rings. The fourth-order valence-corrected chi connectivity index (χ4v) is 2.27. The van der Waals surface area contributed by atoms with Crippen molar-refractivity contribution in [1.29, 1.82) is 0 Å². The maximum Gasteiger partial charge on any atom is 0.417 e. The van der Waals surface area contributed by atoms with Gasteiger partial charge >= 0.3 is 6.18 Å². The molecular formula is C11H14Cl2F3N3. The van der Waals surface area contributed by atoms with E-state index in [1.54, 1.807) is 0 Å². The van der Waals surface area contributed by atoms with E-state index in [0.29, 0.717) is 18.9 Å². The van der Waals surface area contributed by atoms with Crippen molar-refractivity contribution < 1.29 is 13.2 Å². The zero-order valence-corrected chi connectivity index (χ0v) is 11.7. The van der Waals surface area contributed by atoms with Crippen molar-refractivity contribution >= 4 is 29.8 Å². The van der Waals surface area contributed by atoms with Crippen LogP contribution in [0.25, 0.3) is 0 Å². The van der Waals surface area contributed by atoms with E-state index in [2.05, 4.69) is 4.98 Å². The van der Waals surface area contributed by atoms with Gasteiger partial charge in [-0.05, 0) is 19.4 Å². The van der Waals surface area contributed by atoms with Gasteiger partial charge in [-0.3, -0.25) is 0 Å². The molecule has 0 amide bonds. The van der Waals surface area contributed by atoms with Crippen LogP contribution in [0.4, 0.5) is 19.0 Å². The summed E-state index contributed by atoms with van der Waals surface area (Å²) < 4.78 is 37.4. The zero-order chi connectivity index (χ0) is 13.6. The van der Waals surface area contributed by atoms with E-state index >= 15 is 0 Å². The molecule has 2 N–H and O–H groups in total. The van der Waals surface area contributed by atoms with Gasteiger partial charge in [-0.15, -0.1) is 12.4 Å². The van der Waals surface area contributed by atoms with E-state index in [4.69, 9.17) is 17.3 Å². The minimum Gasteiger partial charge on any atom is -0.353 e. The molecule has 0 aromatic carbocycles. The Bertz CT molecular complexity index is 463. The van der Waals surface area contributed by atoms with Gasteiger partial charge < -0.3 is 10.6 Å². The minimum atomic E-state index is -4.43. The number of hydrogen-bond acceptors (Lipinski definition) is 3. The van der Waals surface area contributed by atoms with Gasteiger partial charge in [-0.2, -0.15) is 13.2 Å². The first-order valence-corrected chi connectivity index (χ1v) is 5.83. The molecule has 1 unspecified atom stereocenters. The predicted octanol–water partition coefficient (Wildman–Crippen LogP) is 3.10. The quantitative estimate of drug-likeness (QED) is 0.866. The molecular weight excluding hydrogens is 302 g/mol. The number of nitrogens with two attached hydrogens (primary N) is 1. The molecule has 0 aliphatic carbocycles. The summed E-state index contributed by atoms with van der Waals surface area (Å²) in [6, 6.07) is 0.899. The van der Waals surface area contributed by atoms with Crippen LogP contribution in [0, 0.1) is 0 Å². The Labute approximate surface area is 120 Å². The second-order valence-electron chi connectivity index (χ2n) is 4.85. The largest absolute Gasteiger partial charge is 0.417 e. The van der Waals surface area contributed by atoms with Crippen LogP contribution in [0.2, 0.25) is 5.02 Å². The van der Waals surface area contributed by atoms with Gasteiger partial charge in [0.1, 0.15) is 5.82 Å². The second-order valence-corrected chi connectivity index (χ2v) is 5.26. The molecule has 1 aliphatic heterocycles. The first kappa shape index (κ1) is 16.3. The van der Waals surface area contributed by atoms with Crippen LogP contribution in [0.1, 0.15) is 18.9 Å². The molecule has 1 aromatic heterocycles. The Morgan fingerprint density at radius 3 is 2.53 bits per heavy atom. The number of anilines is 1. The van der Waals surface area contributed by atoms with Gasteiger partial charge in [0.15, 0.2) is 0 Å². The fourth-order valence-electron chi connectivity index (χ4n) is 1.98. The summed E-state index contributed by atoms with van der Waals surface area (Å²) in [6.07, 6.45) is -2.87. The molecule has 8 heteroatoms. The van der Waals surface area contributed by atoms with Crippen molar-refractivity contribution in [3.05, 3.63) is 22.8 Å². The van der Waals surface area contributed by atoms with Gasteiger partial charge in [0.05, 0.1) is 10.6 Å². The molecule has 2 heterocycles. The summed E-state index contributed by atoms with van der Waals surface area (Å²) in [5.74, 6) is 0.360. The van der Waals surface area contributed by atoms with Gasteiger partial charge in [0, 0.05) is 24.8 Å². The number of nitrogens with zero attached hydrogens (tertiary/aromatic N) is 2. The highest BCUT2D eigenvalue weighted by Crippen LogP contribution is 2.35. The second kappa shape index (κ2) is 5.34. The predicted molar refractivity (Wildman–Crippen MR) is 70.9 cm³/mol. The van der Waals surface area contributed by atoms with Crippen LogP contribution in [-0.2, 0) is 6.18 Å². The van der Waals surface area contributed by atoms with Crippen LogP contribution >= 0.6 is 24.0 Å². The summed E-state index contributed by atoms with van der Waals surface area (Å²) in [5, 5.41) is 0.00234. The van der Waals surface area contributed by atoms with E-state index in [0.717, 1.165) is 18.7 Å². The molecule has 1 fully saturated rings. The Morgan fingerprint density at radius 1 is 1.47 bits per heavy atom. The summed E-state index contributed by atoms with van der Waals surface area (Å²) >= 11 is 5.86. The summed E-state index contributed by atoms with van der Waals surface area (Å²) in [4.78, 5) is 5.62. The SMILES string of the molecule is CC1(N)CCN(c2ncc(C(F)(F)F)cc2Cl)C1.Cl. The van der Waals surface area contributed by atoms with Crippen molar-refractivity contribution in [3.63, 3.8) is 0 Å². The average Bonchev–Trinajstić information content (AvgIpc) is 2.57. The molecule has 0 bridgehead atoms. The number of halogens is 5. The van der Waals surface area contributed by atoms with E-state index in [-0.39, 0.29) is 23.0 Å². The Morgan fingerprint density at radius 2 is 2.11 bits per heavy atom. The van der Waals surface area contributed by atoms with Crippen LogP contribution < -0.4 is 10.6 Å². The van der Waals surface area contributed by atoms with Gasteiger partial charge in [0.25, 0.3) is 0 Å². The molecule has 0 radical (unpaired) electrons. The molecule has 1 atom stereocenters. The average molecular weight is 316 g/mol. The number of rotatable bonds is 1. The maximum atomic E-state index is 12.5. The van der Waals surface area contributed by atoms with Crippen molar-refractivity contribution in [2.75, 3.05) is 18.0 Å². The van der Waals surface area contributed by atoms with E-state index in [9.17, 15) is 13.2 Å². The van der Waals surface area contributed by atoms with Crippen LogP contribution in [-0.4, -0.2) is 23.6 Å². The first-order chi connectivity index (χ1) is 8.19. The molecule has 2 rings (SSSR count). The van der Waals surface area contributed by atoms with Gasteiger partial charge in [-0.1, -0.05) is 11.6 Å². The number of hydrogen-bond donors (Lipinski definition) is 1. The van der Waals surface area contributed by atoms with E-state index in [1.165, 1.54) is 0 Å². The summed E-state index contributed by atoms with van der Waals surface area (Å²) in [7, 11) is 0. The monoisotopic (exact) mass is 315 g/mol. The minimum absolute atomic E-state index is 0. The third-order valence-corrected chi connectivity index (χ3v) is 3.23. The number of alkyl halides is 3. The van der Waals surface area contributed by atoms with Gasteiger partial charge in [0.2, 0.25) is 0 Å². The standard InChI is InChI=1S/C11H13ClF3N3.ClH/c1-10(16)2-3-18(6-10)9-8(12)4-7(5-17-9)11(13,14)15;/h4-5H,2-3,6,16H2,1H3;1H. The molecule has 0 saturated carbocycles. The Hall–Kier alpha value is -0.720. The Kier molecular flexibility index (Phi) is 4.59. The lowest BCUT2D eigenvalue weighted by Crippen LogP contribution is -2.39. The maximum absolute atomic E-state index is 12.5. The molecule has 19 heavy (non-hydrogen) atoms. The third kappa shape index (κ3) is 3.64. The molecule has 3 nitrogen and oxygen atoms in total. The number of aromatic nitrogens is 1. The number of pyridine rings is 1. The van der Waals surface area contributed by atoms with Crippen LogP contribution in [0.5, 0.6) is 0 Å². The van der Waals surface area contributed by atoms with Crippen molar-refractivity contribution in [2.24, 2.45) is 5.73 Å². The lowest BCUT2D eigenvalue weighted by molar-refractivity contribution is -0.137. The topological polar surface area (TPSA) is 42.1 Å². The van der Waals surface area contributed by atoms with E-state index in [1.807, 2.05) is 11.8 Å². The normalized spacial score (nSPS) is 23.4. The molecule has 108 valence electrons. The third-order valence-electron chi connectivity index (χ3n) is 2.95. The fraction of sp³-hybridized carbons (Fsp3) is 0.545. The summed E-state index contributed by atoms with van der Waals surface area (Å²) in [6.45, 7) is 3.07.